The van der Waals surface area contributed by atoms with E-state index in [2.05, 4.69) is 15.6 Å². The van der Waals surface area contributed by atoms with Crippen molar-refractivity contribution in [2.75, 3.05) is 23.7 Å². The number of aliphatic hydroxyl groups excluding tert-OH is 1. The number of anilines is 3. The van der Waals surface area contributed by atoms with Crippen molar-refractivity contribution in [1.29, 1.82) is 0 Å². The highest BCUT2D eigenvalue weighted by Gasteiger charge is 2.27. The smallest absolute Gasteiger partial charge is 0.224 e. The topological polar surface area (TPSA) is 108 Å². The van der Waals surface area contributed by atoms with Crippen molar-refractivity contribution in [1.82, 2.24) is 24.4 Å². The van der Waals surface area contributed by atoms with Crippen molar-refractivity contribution in [2.45, 2.75) is 63.6 Å². The van der Waals surface area contributed by atoms with Gasteiger partial charge in [-0.3, -0.25) is 9.36 Å². The van der Waals surface area contributed by atoms with Crippen LogP contribution in [0.5, 0.6) is 0 Å². The predicted molar refractivity (Wildman–Crippen MR) is 127 cm³/mol. The molecule has 10 heteroatoms. The Bertz CT molecular complexity index is 1170. The number of hydrogen-bond donors (Lipinski definition) is 3. The first-order chi connectivity index (χ1) is 16.5. The fraction of sp³-hybridized carbons (Fsp3) is 0.500. The maximum absolute atomic E-state index is 14.4. The second-order valence-electron chi connectivity index (χ2n) is 9.20. The van der Waals surface area contributed by atoms with E-state index in [-0.39, 0.29) is 29.9 Å². The third-order valence-electron chi connectivity index (χ3n) is 6.86. The zero-order valence-corrected chi connectivity index (χ0v) is 19.2. The summed E-state index contributed by atoms with van der Waals surface area (Å²) in [6.07, 6.45) is 6.24. The van der Waals surface area contributed by atoms with Gasteiger partial charge >= 0.3 is 0 Å². The van der Waals surface area contributed by atoms with E-state index in [1.807, 2.05) is 9.47 Å². The molecule has 0 atom stereocenters. The first-order valence-electron chi connectivity index (χ1n) is 11.9. The third-order valence-corrected chi connectivity index (χ3v) is 6.86. The number of amides is 1. The van der Waals surface area contributed by atoms with Crippen LogP contribution in [0.2, 0.25) is 0 Å². The number of benzene rings is 1. The molecule has 1 aromatic carbocycles. The summed E-state index contributed by atoms with van der Waals surface area (Å²) in [6.45, 7) is 2.90. The first kappa shape index (κ1) is 22.5. The second-order valence-corrected chi connectivity index (χ2v) is 9.20. The Morgan fingerprint density at radius 1 is 1.09 bits per heavy atom. The van der Waals surface area contributed by atoms with Gasteiger partial charge in [0.1, 0.15) is 11.3 Å². The number of aromatic nitrogens is 4. The van der Waals surface area contributed by atoms with Crippen molar-refractivity contribution in [3.63, 3.8) is 0 Å². The van der Waals surface area contributed by atoms with Gasteiger partial charge in [-0.2, -0.15) is 4.98 Å². The molecule has 3 aromatic rings. The van der Waals surface area contributed by atoms with Crippen molar-refractivity contribution in [2.24, 2.45) is 0 Å². The summed E-state index contributed by atoms with van der Waals surface area (Å²) in [5, 5.41) is 16.3. The fourth-order valence-electron chi connectivity index (χ4n) is 4.92. The lowest BCUT2D eigenvalue weighted by molar-refractivity contribution is -0.130. The molecule has 1 saturated carbocycles. The van der Waals surface area contributed by atoms with Gasteiger partial charge in [-0.15, -0.1) is 0 Å². The van der Waals surface area contributed by atoms with Crippen molar-refractivity contribution < 1.29 is 14.3 Å². The van der Waals surface area contributed by atoms with Crippen LogP contribution in [0.4, 0.5) is 22.0 Å². The minimum absolute atomic E-state index is 0.0578. The zero-order chi connectivity index (χ0) is 23.7. The molecule has 2 aliphatic rings. The van der Waals surface area contributed by atoms with Crippen molar-refractivity contribution in [3.05, 3.63) is 36.3 Å². The van der Waals surface area contributed by atoms with E-state index in [4.69, 9.17) is 9.97 Å². The van der Waals surface area contributed by atoms with E-state index in [0.29, 0.717) is 41.8 Å². The number of para-hydroxylation sites is 1. The quantitative estimate of drug-likeness (QED) is 0.526. The number of rotatable bonds is 5. The zero-order valence-electron chi connectivity index (χ0n) is 19.2. The molecule has 3 N–H and O–H groups in total. The maximum atomic E-state index is 14.4. The molecule has 34 heavy (non-hydrogen) atoms. The fourth-order valence-corrected chi connectivity index (χ4v) is 4.92. The summed E-state index contributed by atoms with van der Waals surface area (Å²) < 4.78 is 16.4. The van der Waals surface area contributed by atoms with Gasteiger partial charge in [-0.1, -0.05) is 12.1 Å². The summed E-state index contributed by atoms with van der Waals surface area (Å²) in [5.41, 5.74) is 1.64. The van der Waals surface area contributed by atoms with Gasteiger partial charge in [0, 0.05) is 32.1 Å². The number of fused-ring (bicyclic) bond motifs is 1. The molecule has 9 nitrogen and oxygen atoms in total. The van der Waals surface area contributed by atoms with Crippen LogP contribution in [-0.4, -0.2) is 60.7 Å². The SMILES string of the molecule is CC(=O)N1CCC(n2c(Nc3ccccc3F)nc3cnc(N[C@H]4CC[C@H](O)CC4)nc32)CC1. The predicted octanol–water partition coefficient (Wildman–Crippen LogP) is 3.61. The number of carbonyl (C=O) groups excluding carboxylic acids is 1. The number of aliphatic hydroxyl groups is 1. The Balaban J connectivity index is 1.48. The summed E-state index contributed by atoms with van der Waals surface area (Å²) in [6, 6.07) is 6.77. The highest BCUT2D eigenvalue weighted by Crippen LogP contribution is 2.32. The monoisotopic (exact) mass is 467 g/mol. The highest BCUT2D eigenvalue weighted by molar-refractivity contribution is 5.77. The molecular weight excluding hydrogens is 437 g/mol. The number of piperidine rings is 1. The van der Waals surface area contributed by atoms with Crippen LogP contribution < -0.4 is 10.6 Å². The Morgan fingerprint density at radius 2 is 1.82 bits per heavy atom. The molecule has 1 aliphatic carbocycles. The Labute approximate surface area is 197 Å². The lowest BCUT2D eigenvalue weighted by atomic mass is 9.93. The Kier molecular flexibility index (Phi) is 6.32. The largest absolute Gasteiger partial charge is 0.393 e. The van der Waals surface area contributed by atoms with Crippen molar-refractivity contribution in [3.8, 4) is 0 Å². The molecule has 0 bridgehead atoms. The average Bonchev–Trinajstić information content (AvgIpc) is 3.19. The number of carbonyl (C=O) groups is 1. The lowest BCUT2D eigenvalue weighted by Crippen LogP contribution is -2.37. The van der Waals surface area contributed by atoms with E-state index in [1.165, 1.54) is 6.07 Å². The van der Waals surface area contributed by atoms with E-state index in [1.54, 1.807) is 31.3 Å². The summed E-state index contributed by atoms with van der Waals surface area (Å²) >= 11 is 0. The molecule has 1 amide bonds. The van der Waals surface area contributed by atoms with Crippen LogP contribution in [0, 0.1) is 5.82 Å². The third kappa shape index (κ3) is 4.68. The molecule has 180 valence electrons. The van der Waals surface area contributed by atoms with Crippen LogP contribution in [0.25, 0.3) is 11.2 Å². The van der Waals surface area contributed by atoms with Gasteiger partial charge < -0.3 is 20.6 Å². The molecule has 3 heterocycles. The van der Waals surface area contributed by atoms with Crippen LogP contribution in [0.3, 0.4) is 0 Å². The van der Waals surface area contributed by atoms with Gasteiger partial charge in [0.25, 0.3) is 0 Å². The summed E-state index contributed by atoms with van der Waals surface area (Å²) in [4.78, 5) is 27.6. The normalized spacial score (nSPS) is 21.6. The number of halogens is 1. The van der Waals surface area contributed by atoms with E-state index >= 15 is 0 Å². The first-order valence-corrected chi connectivity index (χ1v) is 11.9. The van der Waals surface area contributed by atoms with Gasteiger partial charge in [-0.05, 0) is 50.7 Å². The molecule has 2 fully saturated rings. The number of imidazole rings is 1. The van der Waals surface area contributed by atoms with Gasteiger partial charge in [0.05, 0.1) is 18.0 Å². The molecule has 1 aliphatic heterocycles. The molecule has 0 radical (unpaired) electrons. The van der Waals surface area contributed by atoms with Gasteiger partial charge in [-0.25, -0.2) is 14.4 Å². The van der Waals surface area contributed by atoms with Crippen LogP contribution in [0.1, 0.15) is 51.5 Å². The number of likely N-dealkylation sites (tertiary alicyclic amines) is 1. The van der Waals surface area contributed by atoms with Gasteiger partial charge in [0.15, 0.2) is 5.65 Å². The standard InChI is InChI=1S/C24H30FN7O2/c1-15(33)31-12-10-17(11-13-31)32-22-21(29-24(32)28-20-5-3-2-4-19(20)25)14-26-23(30-22)27-16-6-8-18(34)9-7-16/h2-5,14,16-18,34H,6-13H2,1H3,(H,28,29)(H,26,27,30)/t16-,18-. The van der Waals surface area contributed by atoms with Crippen LogP contribution >= 0.6 is 0 Å². The molecular formula is C24H30FN7O2. The number of nitrogens with one attached hydrogen (secondary N) is 2. The van der Waals surface area contributed by atoms with Crippen LogP contribution in [0.15, 0.2) is 30.5 Å². The highest BCUT2D eigenvalue weighted by atomic mass is 19.1. The maximum Gasteiger partial charge on any atom is 0.224 e. The van der Waals surface area contributed by atoms with Crippen molar-refractivity contribution >= 4 is 34.7 Å². The summed E-state index contributed by atoms with van der Waals surface area (Å²) in [5.74, 6) is 0.743. The number of hydrogen-bond acceptors (Lipinski definition) is 7. The summed E-state index contributed by atoms with van der Waals surface area (Å²) in [7, 11) is 0. The number of nitrogens with zero attached hydrogens (tertiary/aromatic N) is 5. The second kappa shape index (κ2) is 9.54. The van der Waals surface area contributed by atoms with Gasteiger partial charge in [0.2, 0.25) is 17.8 Å². The average molecular weight is 468 g/mol. The minimum Gasteiger partial charge on any atom is -0.393 e. The lowest BCUT2D eigenvalue weighted by Gasteiger charge is -2.32. The van der Waals surface area contributed by atoms with E-state index in [0.717, 1.165) is 38.5 Å². The van der Waals surface area contributed by atoms with Crippen LogP contribution in [-0.2, 0) is 4.79 Å². The molecule has 0 unspecified atom stereocenters. The van der Waals surface area contributed by atoms with E-state index < -0.39 is 0 Å². The van der Waals surface area contributed by atoms with E-state index in [9.17, 15) is 14.3 Å². The Hall–Kier alpha value is -3.27. The minimum atomic E-state index is -0.361. The Morgan fingerprint density at radius 3 is 2.53 bits per heavy atom. The molecule has 2 aromatic heterocycles. The molecule has 0 spiro atoms. The molecule has 5 rings (SSSR count). The molecule has 1 saturated heterocycles.